The molecule has 3 rings (SSSR count). The fraction of sp³-hybridized carbons (Fsp3) is 0.308. The first-order chi connectivity index (χ1) is 15.3. The van der Waals surface area contributed by atoms with Gasteiger partial charge in [-0.1, -0.05) is 50.1 Å². The number of benzene rings is 2. The number of rotatable bonds is 12. The number of nitrogens with zero attached hydrogens (tertiary/aromatic N) is 1. The zero-order valence-electron chi connectivity index (χ0n) is 18.1. The van der Waals surface area contributed by atoms with E-state index in [2.05, 4.69) is 34.7 Å². The molecular formula is C26H31N3O2. The molecular weight excluding hydrogens is 386 g/mol. The molecule has 162 valence electrons. The van der Waals surface area contributed by atoms with Crippen LogP contribution in [0.5, 0.6) is 5.75 Å². The van der Waals surface area contributed by atoms with Crippen molar-refractivity contribution in [1.29, 1.82) is 0 Å². The van der Waals surface area contributed by atoms with Crippen LogP contribution in [0.3, 0.4) is 0 Å². The smallest absolute Gasteiger partial charge is 0.252 e. The van der Waals surface area contributed by atoms with Crippen molar-refractivity contribution in [2.24, 2.45) is 0 Å². The number of amides is 1. The summed E-state index contributed by atoms with van der Waals surface area (Å²) in [7, 11) is 0. The summed E-state index contributed by atoms with van der Waals surface area (Å²) in [5, 5.41) is 6.58. The van der Waals surface area contributed by atoms with Gasteiger partial charge in [0, 0.05) is 24.6 Å². The molecule has 1 unspecified atom stereocenters. The number of ether oxygens (including phenoxy) is 1. The van der Waals surface area contributed by atoms with Crippen LogP contribution in [0.25, 0.3) is 0 Å². The third-order valence-electron chi connectivity index (χ3n) is 5.06. The van der Waals surface area contributed by atoms with E-state index in [1.165, 1.54) is 12.8 Å². The van der Waals surface area contributed by atoms with Crippen molar-refractivity contribution in [3.63, 3.8) is 0 Å². The van der Waals surface area contributed by atoms with Gasteiger partial charge in [-0.25, -0.2) is 0 Å². The average Bonchev–Trinajstić information content (AvgIpc) is 2.83. The van der Waals surface area contributed by atoms with E-state index in [0.717, 1.165) is 36.4 Å². The highest BCUT2D eigenvalue weighted by atomic mass is 16.5. The molecule has 2 N–H and O–H groups in total. The number of hydrogen-bond donors (Lipinski definition) is 2. The van der Waals surface area contributed by atoms with Gasteiger partial charge in [-0.2, -0.15) is 0 Å². The normalized spacial score (nSPS) is 11.5. The Morgan fingerprint density at radius 2 is 1.81 bits per heavy atom. The van der Waals surface area contributed by atoms with Gasteiger partial charge in [0.2, 0.25) is 0 Å². The van der Waals surface area contributed by atoms with Crippen LogP contribution in [-0.2, 0) is 0 Å². The van der Waals surface area contributed by atoms with Gasteiger partial charge in [-0.3, -0.25) is 9.78 Å². The molecule has 5 nitrogen and oxygen atoms in total. The van der Waals surface area contributed by atoms with E-state index < -0.39 is 0 Å². The van der Waals surface area contributed by atoms with Crippen LogP contribution < -0.4 is 15.4 Å². The summed E-state index contributed by atoms with van der Waals surface area (Å²) >= 11 is 0. The number of carbonyl (C=O) groups excluding carboxylic acids is 1. The van der Waals surface area contributed by atoms with Gasteiger partial charge < -0.3 is 15.4 Å². The minimum absolute atomic E-state index is 0.0609. The highest BCUT2D eigenvalue weighted by molar-refractivity contribution is 5.93. The molecule has 2 aromatic carbocycles. The lowest BCUT2D eigenvalue weighted by molar-refractivity contribution is 0.0952. The molecule has 31 heavy (non-hydrogen) atoms. The summed E-state index contributed by atoms with van der Waals surface area (Å²) in [6, 6.07) is 21.9. The first-order valence-corrected chi connectivity index (χ1v) is 11.0. The van der Waals surface area contributed by atoms with Crippen molar-refractivity contribution in [3.8, 4) is 5.75 Å². The van der Waals surface area contributed by atoms with Crippen LogP contribution in [0, 0.1) is 0 Å². The molecule has 0 aliphatic heterocycles. The fourth-order valence-electron chi connectivity index (χ4n) is 3.33. The molecule has 5 heteroatoms. The van der Waals surface area contributed by atoms with Gasteiger partial charge in [0.25, 0.3) is 5.91 Å². The van der Waals surface area contributed by atoms with Crippen LogP contribution in [0.1, 0.15) is 54.6 Å². The summed E-state index contributed by atoms with van der Waals surface area (Å²) < 4.78 is 5.84. The summed E-state index contributed by atoms with van der Waals surface area (Å²) in [5.74, 6) is 0.783. The second-order valence-electron chi connectivity index (χ2n) is 7.47. The first kappa shape index (κ1) is 22.3. The van der Waals surface area contributed by atoms with Crippen molar-refractivity contribution < 1.29 is 9.53 Å². The topological polar surface area (TPSA) is 63.2 Å². The number of carbonyl (C=O) groups is 1. The van der Waals surface area contributed by atoms with Crippen LogP contribution >= 0.6 is 0 Å². The Kier molecular flexibility index (Phi) is 8.92. The Morgan fingerprint density at radius 3 is 2.52 bits per heavy atom. The maximum absolute atomic E-state index is 12.3. The van der Waals surface area contributed by atoms with Gasteiger partial charge in [0.05, 0.1) is 18.2 Å². The van der Waals surface area contributed by atoms with Gasteiger partial charge >= 0.3 is 0 Å². The quantitative estimate of drug-likeness (QED) is 0.375. The highest BCUT2D eigenvalue weighted by Gasteiger charge is 2.13. The van der Waals surface area contributed by atoms with Crippen LogP contribution in [0.2, 0.25) is 0 Å². The Morgan fingerprint density at radius 1 is 1.00 bits per heavy atom. The Hall–Kier alpha value is -3.34. The SMILES string of the molecule is CCCCCOc1ccc(C(CCNC(=O)c2cccnc2)Nc2ccccc2)cc1. The molecule has 0 saturated carbocycles. The highest BCUT2D eigenvalue weighted by Crippen LogP contribution is 2.24. The van der Waals surface area contributed by atoms with E-state index in [0.29, 0.717) is 12.1 Å². The third kappa shape index (κ3) is 7.45. The molecule has 1 amide bonds. The van der Waals surface area contributed by atoms with E-state index in [9.17, 15) is 4.79 Å². The van der Waals surface area contributed by atoms with Crippen LogP contribution in [0.4, 0.5) is 5.69 Å². The molecule has 0 aliphatic rings. The third-order valence-corrected chi connectivity index (χ3v) is 5.06. The summed E-state index contributed by atoms with van der Waals surface area (Å²) in [4.78, 5) is 16.3. The Balaban J connectivity index is 1.61. The van der Waals surface area contributed by atoms with E-state index in [4.69, 9.17) is 4.74 Å². The van der Waals surface area contributed by atoms with Gasteiger partial charge in [0.1, 0.15) is 5.75 Å². The van der Waals surface area contributed by atoms with E-state index in [-0.39, 0.29) is 11.9 Å². The molecule has 0 saturated heterocycles. The van der Waals surface area contributed by atoms with Crippen molar-refractivity contribution in [2.45, 2.75) is 38.6 Å². The number of pyridine rings is 1. The minimum atomic E-state index is -0.109. The second kappa shape index (κ2) is 12.4. The minimum Gasteiger partial charge on any atom is -0.494 e. The Bertz CT molecular complexity index is 899. The molecule has 0 radical (unpaired) electrons. The number of para-hydroxylation sites is 1. The standard InChI is InChI=1S/C26H31N3O2/c1-2-3-7-19-31-24-14-12-21(13-15-24)25(29-23-10-5-4-6-11-23)16-18-28-26(30)22-9-8-17-27-20-22/h4-6,8-15,17,20,25,29H,2-3,7,16,18-19H2,1H3,(H,28,30). The first-order valence-electron chi connectivity index (χ1n) is 11.0. The summed E-state index contributed by atoms with van der Waals surface area (Å²) in [6.45, 7) is 3.49. The summed E-state index contributed by atoms with van der Waals surface area (Å²) in [5.41, 5.74) is 2.77. The molecule has 0 fully saturated rings. The molecule has 3 aromatic rings. The monoisotopic (exact) mass is 417 g/mol. The van der Waals surface area contributed by atoms with Crippen molar-refractivity contribution in [3.05, 3.63) is 90.3 Å². The maximum Gasteiger partial charge on any atom is 0.252 e. The fourth-order valence-corrected chi connectivity index (χ4v) is 3.33. The van der Waals surface area contributed by atoms with E-state index in [1.807, 2.05) is 42.5 Å². The summed E-state index contributed by atoms with van der Waals surface area (Å²) in [6.07, 6.45) is 7.44. The second-order valence-corrected chi connectivity index (χ2v) is 7.47. The van der Waals surface area contributed by atoms with Crippen molar-refractivity contribution in [1.82, 2.24) is 10.3 Å². The zero-order valence-corrected chi connectivity index (χ0v) is 18.1. The number of aromatic nitrogens is 1. The molecule has 1 atom stereocenters. The number of unbranched alkanes of at least 4 members (excludes halogenated alkanes) is 2. The number of anilines is 1. The molecule has 0 aliphatic carbocycles. The molecule has 1 heterocycles. The zero-order chi connectivity index (χ0) is 21.7. The van der Waals surface area contributed by atoms with Crippen molar-refractivity contribution in [2.75, 3.05) is 18.5 Å². The van der Waals surface area contributed by atoms with Crippen LogP contribution in [0.15, 0.2) is 79.1 Å². The molecule has 1 aromatic heterocycles. The van der Waals surface area contributed by atoms with Gasteiger partial charge in [0.15, 0.2) is 0 Å². The largest absolute Gasteiger partial charge is 0.494 e. The molecule has 0 bridgehead atoms. The molecule has 0 spiro atoms. The predicted octanol–water partition coefficient (Wildman–Crippen LogP) is 5.62. The van der Waals surface area contributed by atoms with Gasteiger partial charge in [-0.05, 0) is 54.8 Å². The Labute approximate surface area is 184 Å². The van der Waals surface area contributed by atoms with E-state index in [1.54, 1.807) is 24.5 Å². The number of hydrogen-bond acceptors (Lipinski definition) is 4. The maximum atomic E-state index is 12.3. The number of nitrogens with one attached hydrogen (secondary N) is 2. The predicted molar refractivity (Wildman–Crippen MR) is 125 cm³/mol. The lowest BCUT2D eigenvalue weighted by Gasteiger charge is -2.21. The average molecular weight is 418 g/mol. The van der Waals surface area contributed by atoms with Crippen LogP contribution in [-0.4, -0.2) is 24.0 Å². The van der Waals surface area contributed by atoms with Crippen molar-refractivity contribution >= 4 is 11.6 Å². The van der Waals surface area contributed by atoms with E-state index >= 15 is 0 Å². The van der Waals surface area contributed by atoms with Gasteiger partial charge in [-0.15, -0.1) is 0 Å². The lowest BCUT2D eigenvalue weighted by atomic mass is 10.0. The lowest BCUT2D eigenvalue weighted by Crippen LogP contribution is -2.27.